The topological polar surface area (TPSA) is 42.0 Å². The van der Waals surface area contributed by atoms with Gasteiger partial charge in [0.2, 0.25) is 0 Å². The van der Waals surface area contributed by atoms with E-state index in [2.05, 4.69) is 4.98 Å². The summed E-state index contributed by atoms with van der Waals surface area (Å²) in [6.45, 7) is 3.59. The van der Waals surface area contributed by atoms with Crippen LogP contribution in [0.2, 0.25) is 0 Å². The first-order valence-corrected chi connectivity index (χ1v) is 7.82. The standard InChI is InChI=1S/C15H11F7N2OS/c1-7-3-4-9(8(2)5-7)10-6-26-12(23-10)24-11(25)13(16,17)14(18,19)15(20,21)22/h3-6H,1-2H3,(H,23,24,25). The fraction of sp³-hybridized carbons (Fsp3) is 0.333. The van der Waals surface area contributed by atoms with Gasteiger partial charge in [0.1, 0.15) is 0 Å². The monoisotopic (exact) mass is 400 g/mol. The molecule has 1 heterocycles. The van der Waals surface area contributed by atoms with E-state index in [1.807, 2.05) is 13.0 Å². The maximum atomic E-state index is 13.3. The number of hydrogen-bond donors (Lipinski definition) is 1. The van der Waals surface area contributed by atoms with Crippen molar-refractivity contribution in [1.82, 2.24) is 4.98 Å². The lowest BCUT2D eigenvalue weighted by molar-refractivity contribution is -0.343. The molecule has 0 radical (unpaired) electrons. The first-order valence-electron chi connectivity index (χ1n) is 6.94. The van der Waals surface area contributed by atoms with Crippen LogP contribution in [0.5, 0.6) is 0 Å². The minimum absolute atomic E-state index is 0.258. The number of aryl methyl sites for hydroxylation is 2. The minimum atomic E-state index is -6.58. The molecule has 1 aromatic heterocycles. The Kier molecular flexibility index (Phi) is 5.06. The Morgan fingerprint density at radius 1 is 1.08 bits per heavy atom. The molecule has 0 saturated carbocycles. The summed E-state index contributed by atoms with van der Waals surface area (Å²) < 4.78 is 88.7. The Morgan fingerprint density at radius 2 is 1.69 bits per heavy atom. The summed E-state index contributed by atoms with van der Waals surface area (Å²) in [6.07, 6.45) is -6.58. The number of carbonyl (C=O) groups is 1. The molecule has 0 fully saturated rings. The lowest BCUT2D eigenvalue weighted by Gasteiger charge is -2.26. The van der Waals surface area contributed by atoms with Gasteiger partial charge >= 0.3 is 23.9 Å². The van der Waals surface area contributed by atoms with Gasteiger partial charge in [-0.3, -0.25) is 10.1 Å². The number of nitrogens with one attached hydrogen (secondary N) is 1. The Morgan fingerprint density at radius 3 is 2.23 bits per heavy atom. The van der Waals surface area contributed by atoms with E-state index >= 15 is 0 Å². The predicted octanol–water partition coefficient (Wildman–Crippen LogP) is 5.20. The fourth-order valence-corrected chi connectivity index (χ4v) is 2.76. The van der Waals surface area contributed by atoms with Crippen molar-refractivity contribution < 1.29 is 35.5 Å². The van der Waals surface area contributed by atoms with Gasteiger partial charge in [-0.05, 0) is 19.4 Å². The van der Waals surface area contributed by atoms with Crippen molar-refractivity contribution in [2.24, 2.45) is 0 Å². The third-order valence-corrected chi connectivity index (χ3v) is 4.18. The SMILES string of the molecule is Cc1ccc(-c2csc(NC(=O)C(F)(F)C(F)(F)C(F)(F)F)n2)c(C)c1. The molecule has 0 atom stereocenters. The lowest BCUT2D eigenvalue weighted by atomic mass is 10.0. The number of amides is 1. The molecule has 1 N–H and O–H groups in total. The van der Waals surface area contributed by atoms with Gasteiger partial charge in [-0.15, -0.1) is 11.3 Å². The predicted molar refractivity (Wildman–Crippen MR) is 81.6 cm³/mol. The molecule has 0 spiro atoms. The third kappa shape index (κ3) is 3.53. The molecule has 0 aliphatic heterocycles. The van der Waals surface area contributed by atoms with Crippen LogP contribution in [0.15, 0.2) is 23.6 Å². The number of nitrogens with zero attached hydrogens (tertiary/aromatic N) is 1. The number of hydrogen-bond acceptors (Lipinski definition) is 3. The van der Waals surface area contributed by atoms with Crippen LogP contribution in [0.3, 0.4) is 0 Å². The second-order valence-electron chi connectivity index (χ2n) is 5.46. The number of halogens is 7. The van der Waals surface area contributed by atoms with Crippen LogP contribution in [0.4, 0.5) is 35.9 Å². The van der Waals surface area contributed by atoms with E-state index in [0.717, 1.165) is 11.1 Å². The van der Waals surface area contributed by atoms with Crippen molar-refractivity contribution in [2.75, 3.05) is 5.32 Å². The van der Waals surface area contributed by atoms with Gasteiger partial charge in [-0.25, -0.2) is 4.98 Å². The number of anilines is 1. The highest BCUT2D eigenvalue weighted by Crippen LogP contribution is 2.47. The molecule has 26 heavy (non-hydrogen) atoms. The molecule has 11 heteroatoms. The van der Waals surface area contributed by atoms with Crippen LogP contribution in [0.25, 0.3) is 11.3 Å². The molecule has 0 aliphatic rings. The maximum Gasteiger partial charge on any atom is 0.460 e. The molecule has 2 rings (SSSR count). The van der Waals surface area contributed by atoms with Crippen molar-refractivity contribution in [3.05, 3.63) is 34.7 Å². The summed E-state index contributed by atoms with van der Waals surface area (Å²) in [5.74, 6) is -15.3. The number of rotatable bonds is 4. The summed E-state index contributed by atoms with van der Waals surface area (Å²) in [5, 5.41) is 2.15. The Labute approximate surface area is 146 Å². The van der Waals surface area contributed by atoms with Gasteiger partial charge in [0.05, 0.1) is 5.69 Å². The summed E-state index contributed by atoms with van der Waals surface area (Å²) in [5.41, 5.74) is 2.58. The van der Waals surface area contributed by atoms with Crippen LogP contribution in [-0.4, -0.2) is 28.9 Å². The van der Waals surface area contributed by atoms with E-state index in [1.54, 1.807) is 19.1 Å². The van der Waals surface area contributed by atoms with Crippen LogP contribution in [-0.2, 0) is 4.79 Å². The van der Waals surface area contributed by atoms with Crippen LogP contribution in [0.1, 0.15) is 11.1 Å². The number of alkyl halides is 7. The van der Waals surface area contributed by atoms with Gasteiger partial charge in [-0.2, -0.15) is 30.7 Å². The fourth-order valence-electron chi connectivity index (χ4n) is 2.05. The highest BCUT2D eigenvalue weighted by molar-refractivity contribution is 7.14. The van der Waals surface area contributed by atoms with Crippen molar-refractivity contribution in [3.63, 3.8) is 0 Å². The van der Waals surface area contributed by atoms with Crippen LogP contribution in [0, 0.1) is 13.8 Å². The van der Waals surface area contributed by atoms with Gasteiger partial charge in [0.15, 0.2) is 5.13 Å². The average Bonchev–Trinajstić information content (AvgIpc) is 2.93. The molecular weight excluding hydrogens is 389 g/mol. The maximum absolute atomic E-state index is 13.3. The van der Waals surface area contributed by atoms with E-state index in [9.17, 15) is 35.5 Å². The molecular formula is C15H11F7N2OS. The van der Waals surface area contributed by atoms with Crippen molar-refractivity contribution in [3.8, 4) is 11.3 Å². The van der Waals surface area contributed by atoms with E-state index in [0.29, 0.717) is 16.9 Å². The summed E-state index contributed by atoms with van der Waals surface area (Å²) in [4.78, 5) is 15.1. The number of benzene rings is 1. The van der Waals surface area contributed by atoms with Crippen molar-refractivity contribution in [1.29, 1.82) is 0 Å². The van der Waals surface area contributed by atoms with Gasteiger partial charge in [0.25, 0.3) is 0 Å². The first kappa shape index (κ1) is 20.1. The zero-order chi connectivity index (χ0) is 19.9. The van der Waals surface area contributed by atoms with Gasteiger partial charge in [-0.1, -0.05) is 23.8 Å². The molecule has 0 bridgehead atoms. The molecule has 1 amide bonds. The van der Waals surface area contributed by atoms with E-state index in [1.165, 1.54) is 10.7 Å². The quantitative estimate of drug-likeness (QED) is 0.717. The van der Waals surface area contributed by atoms with Gasteiger partial charge in [0, 0.05) is 10.9 Å². The third-order valence-electron chi connectivity index (χ3n) is 3.42. The normalized spacial score (nSPS) is 13.0. The zero-order valence-corrected chi connectivity index (χ0v) is 14.0. The Bertz CT molecular complexity index is 830. The minimum Gasteiger partial charge on any atom is -0.296 e. The highest BCUT2D eigenvalue weighted by atomic mass is 32.1. The number of aromatic nitrogens is 1. The molecule has 1 aromatic carbocycles. The molecule has 142 valence electrons. The molecule has 3 nitrogen and oxygen atoms in total. The first-order chi connectivity index (χ1) is 11.8. The number of carbonyl (C=O) groups excluding carboxylic acids is 1. The highest BCUT2D eigenvalue weighted by Gasteiger charge is 2.76. The van der Waals surface area contributed by atoms with E-state index < -0.39 is 29.1 Å². The van der Waals surface area contributed by atoms with E-state index in [4.69, 9.17) is 0 Å². The van der Waals surface area contributed by atoms with Gasteiger partial charge < -0.3 is 0 Å². The molecule has 0 unspecified atom stereocenters. The summed E-state index contributed by atoms with van der Waals surface area (Å²) in [6, 6.07) is 5.24. The molecule has 0 aliphatic carbocycles. The second kappa shape index (κ2) is 6.53. The molecule has 2 aromatic rings. The van der Waals surface area contributed by atoms with E-state index in [-0.39, 0.29) is 5.69 Å². The van der Waals surface area contributed by atoms with Crippen molar-refractivity contribution in [2.45, 2.75) is 31.9 Å². The number of thiazole rings is 1. The molecule has 0 saturated heterocycles. The Balaban J connectivity index is 2.24. The van der Waals surface area contributed by atoms with Crippen LogP contribution < -0.4 is 5.32 Å². The summed E-state index contributed by atoms with van der Waals surface area (Å²) >= 11 is 0.617. The zero-order valence-electron chi connectivity index (χ0n) is 13.2. The average molecular weight is 400 g/mol. The largest absolute Gasteiger partial charge is 0.460 e. The summed E-state index contributed by atoms with van der Waals surface area (Å²) in [7, 11) is 0. The second-order valence-corrected chi connectivity index (χ2v) is 6.32. The Hall–Kier alpha value is -2.17. The van der Waals surface area contributed by atoms with Crippen LogP contribution >= 0.6 is 11.3 Å². The lowest BCUT2D eigenvalue weighted by Crippen LogP contribution is -2.57. The smallest absolute Gasteiger partial charge is 0.296 e. The van der Waals surface area contributed by atoms with Crippen molar-refractivity contribution >= 4 is 22.4 Å².